The summed E-state index contributed by atoms with van der Waals surface area (Å²) >= 11 is 1.37. The molecule has 1 unspecified atom stereocenters. The summed E-state index contributed by atoms with van der Waals surface area (Å²) in [6, 6.07) is 16.9. The predicted octanol–water partition coefficient (Wildman–Crippen LogP) is 4.94. The Bertz CT molecular complexity index is 1110. The van der Waals surface area contributed by atoms with Gasteiger partial charge in [0.05, 0.1) is 25.4 Å². The Balaban J connectivity index is 1.83. The van der Waals surface area contributed by atoms with E-state index in [4.69, 9.17) is 9.47 Å². The Kier molecular flexibility index (Phi) is 6.03. The lowest BCUT2D eigenvalue weighted by molar-refractivity contribution is 0.0530. The molecule has 30 heavy (non-hydrogen) atoms. The second-order valence-electron chi connectivity index (χ2n) is 7.28. The number of nitriles is 1. The first kappa shape index (κ1) is 20.4. The first-order valence-electron chi connectivity index (χ1n) is 10.2. The Morgan fingerprint density at radius 2 is 1.97 bits per heavy atom. The quantitative estimate of drug-likeness (QED) is 0.547. The van der Waals surface area contributed by atoms with Gasteiger partial charge in [0, 0.05) is 24.6 Å². The Hall–Kier alpha value is -2.88. The molecule has 1 aromatic heterocycles. The maximum absolute atomic E-state index is 12.8. The van der Waals surface area contributed by atoms with Crippen molar-refractivity contribution in [2.45, 2.75) is 19.8 Å². The molecule has 0 spiro atoms. The van der Waals surface area contributed by atoms with Gasteiger partial charge in [-0.3, -0.25) is 0 Å². The molecule has 3 aromatic rings. The summed E-state index contributed by atoms with van der Waals surface area (Å²) in [4.78, 5) is 15.5. The number of nitrogens with zero attached hydrogens (tertiary/aromatic N) is 2. The monoisotopic (exact) mass is 420 g/mol. The highest BCUT2D eigenvalue weighted by Crippen LogP contribution is 2.42. The summed E-state index contributed by atoms with van der Waals surface area (Å²) in [7, 11) is 0. The van der Waals surface area contributed by atoms with Crippen molar-refractivity contribution in [3.8, 4) is 6.07 Å². The maximum atomic E-state index is 12.8. The predicted molar refractivity (Wildman–Crippen MR) is 119 cm³/mol. The number of morpholine rings is 1. The zero-order valence-electron chi connectivity index (χ0n) is 17.2. The van der Waals surface area contributed by atoms with Crippen LogP contribution in [0.3, 0.4) is 0 Å². The minimum absolute atomic E-state index is 0.116. The van der Waals surface area contributed by atoms with Crippen LogP contribution in [-0.2, 0) is 9.47 Å². The average molecular weight is 421 g/mol. The minimum Gasteiger partial charge on any atom is -0.462 e. The van der Waals surface area contributed by atoms with Crippen molar-refractivity contribution in [2.24, 2.45) is 0 Å². The normalized spacial score (nSPS) is 15.0. The van der Waals surface area contributed by atoms with Crippen LogP contribution in [0.4, 0.5) is 5.00 Å². The van der Waals surface area contributed by atoms with Crippen molar-refractivity contribution < 1.29 is 14.3 Å². The highest BCUT2D eigenvalue weighted by molar-refractivity contribution is 7.18. The molecular weight excluding hydrogens is 396 g/mol. The smallest absolute Gasteiger partial charge is 0.348 e. The molecule has 1 saturated heterocycles. The third kappa shape index (κ3) is 3.79. The average Bonchev–Trinajstić information content (AvgIpc) is 3.19. The third-order valence-electron chi connectivity index (χ3n) is 5.50. The second kappa shape index (κ2) is 8.86. The number of benzene rings is 2. The van der Waals surface area contributed by atoms with Crippen molar-refractivity contribution in [2.75, 3.05) is 37.8 Å². The van der Waals surface area contributed by atoms with E-state index in [0.29, 0.717) is 43.4 Å². The standard InChI is InChI=1S/C24H24N2O3S/c1-3-29-24(27)22-21(20(15-25)23(30-22)26-10-12-28-13-11-26)16(2)18-9-8-17-6-4-5-7-19(17)14-18/h4-9,14,16H,3,10-13H2,1-2H3. The van der Waals surface area contributed by atoms with Gasteiger partial charge >= 0.3 is 5.97 Å². The van der Waals surface area contributed by atoms with E-state index in [1.165, 1.54) is 16.7 Å². The van der Waals surface area contributed by atoms with E-state index >= 15 is 0 Å². The molecule has 2 aromatic carbocycles. The lowest BCUT2D eigenvalue weighted by Crippen LogP contribution is -2.36. The first-order chi connectivity index (χ1) is 14.6. The molecule has 0 radical (unpaired) electrons. The summed E-state index contributed by atoms with van der Waals surface area (Å²) in [6.45, 7) is 6.81. The van der Waals surface area contributed by atoms with Gasteiger partial charge in [0.15, 0.2) is 0 Å². The highest BCUT2D eigenvalue weighted by Gasteiger charge is 2.31. The Morgan fingerprint density at radius 1 is 1.23 bits per heavy atom. The van der Waals surface area contributed by atoms with Gasteiger partial charge in [0.25, 0.3) is 0 Å². The SMILES string of the molecule is CCOC(=O)c1sc(N2CCOCC2)c(C#N)c1C(C)c1ccc2ccccc2c1. The van der Waals surface area contributed by atoms with E-state index in [1.807, 2.05) is 12.1 Å². The van der Waals surface area contributed by atoms with E-state index < -0.39 is 0 Å². The zero-order chi connectivity index (χ0) is 21.1. The molecule has 6 heteroatoms. The molecular formula is C24H24N2O3S. The van der Waals surface area contributed by atoms with Crippen LogP contribution in [-0.4, -0.2) is 38.9 Å². The molecule has 0 amide bonds. The molecule has 1 fully saturated rings. The third-order valence-corrected chi connectivity index (χ3v) is 6.75. The summed E-state index contributed by atoms with van der Waals surface area (Å²) in [5.74, 6) is -0.476. The van der Waals surface area contributed by atoms with Gasteiger partial charge in [-0.1, -0.05) is 49.4 Å². The fraction of sp³-hybridized carbons (Fsp3) is 0.333. The largest absolute Gasteiger partial charge is 0.462 e. The molecule has 2 heterocycles. The number of carbonyl (C=O) groups is 1. The number of hydrogen-bond acceptors (Lipinski definition) is 6. The number of anilines is 1. The fourth-order valence-electron chi connectivity index (χ4n) is 3.93. The van der Waals surface area contributed by atoms with Gasteiger partial charge in [-0.2, -0.15) is 5.26 Å². The van der Waals surface area contributed by atoms with E-state index in [1.54, 1.807) is 6.92 Å². The molecule has 0 N–H and O–H groups in total. The summed E-state index contributed by atoms with van der Waals surface area (Å²) in [6.07, 6.45) is 0. The van der Waals surface area contributed by atoms with Gasteiger partial charge in [0.1, 0.15) is 15.9 Å². The molecule has 154 valence electrons. The van der Waals surface area contributed by atoms with E-state index in [-0.39, 0.29) is 11.9 Å². The van der Waals surface area contributed by atoms with Crippen LogP contribution in [0, 0.1) is 11.3 Å². The van der Waals surface area contributed by atoms with Gasteiger partial charge in [0.2, 0.25) is 0 Å². The van der Waals surface area contributed by atoms with Crippen LogP contribution in [0.25, 0.3) is 10.8 Å². The van der Waals surface area contributed by atoms with Crippen LogP contribution in [0.5, 0.6) is 0 Å². The van der Waals surface area contributed by atoms with Crippen LogP contribution < -0.4 is 4.90 Å². The van der Waals surface area contributed by atoms with Crippen molar-refractivity contribution in [1.29, 1.82) is 5.26 Å². The summed E-state index contributed by atoms with van der Waals surface area (Å²) < 4.78 is 10.8. The number of esters is 1. The number of rotatable bonds is 5. The van der Waals surface area contributed by atoms with Crippen molar-refractivity contribution in [3.05, 3.63) is 64.0 Å². The van der Waals surface area contributed by atoms with E-state index in [2.05, 4.69) is 48.2 Å². The van der Waals surface area contributed by atoms with Crippen LogP contribution >= 0.6 is 11.3 Å². The summed E-state index contributed by atoms with van der Waals surface area (Å²) in [5, 5.41) is 13.2. The Morgan fingerprint density at radius 3 is 2.67 bits per heavy atom. The van der Waals surface area contributed by atoms with Crippen LogP contribution in [0.2, 0.25) is 0 Å². The molecule has 1 aliphatic heterocycles. The Labute approximate surface area is 180 Å². The van der Waals surface area contributed by atoms with Gasteiger partial charge in [-0.25, -0.2) is 4.79 Å². The maximum Gasteiger partial charge on any atom is 0.348 e. The lowest BCUT2D eigenvalue weighted by atomic mass is 9.89. The van der Waals surface area contributed by atoms with Crippen molar-refractivity contribution >= 4 is 33.1 Å². The van der Waals surface area contributed by atoms with E-state index in [0.717, 1.165) is 21.5 Å². The molecule has 4 rings (SSSR count). The highest BCUT2D eigenvalue weighted by atomic mass is 32.1. The topological polar surface area (TPSA) is 62.6 Å². The number of hydrogen-bond donors (Lipinski definition) is 0. The lowest BCUT2D eigenvalue weighted by Gasteiger charge is -2.27. The van der Waals surface area contributed by atoms with Crippen molar-refractivity contribution in [3.63, 3.8) is 0 Å². The fourth-order valence-corrected chi connectivity index (χ4v) is 5.23. The minimum atomic E-state index is -0.360. The second-order valence-corrected chi connectivity index (χ2v) is 8.28. The van der Waals surface area contributed by atoms with Gasteiger partial charge in [-0.05, 0) is 23.3 Å². The van der Waals surface area contributed by atoms with Crippen molar-refractivity contribution in [1.82, 2.24) is 0 Å². The zero-order valence-corrected chi connectivity index (χ0v) is 18.0. The van der Waals surface area contributed by atoms with E-state index in [9.17, 15) is 10.1 Å². The molecule has 0 bridgehead atoms. The molecule has 5 nitrogen and oxygen atoms in total. The number of ether oxygens (including phenoxy) is 2. The molecule has 1 aliphatic rings. The van der Waals surface area contributed by atoms with Gasteiger partial charge in [-0.15, -0.1) is 11.3 Å². The molecule has 0 aliphatic carbocycles. The summed E-state index contributed by atoms with van der Waals surface area (Å²) in [5.41, 5.74) is 2.41. The number of thiophene rings is 1. The van der Waals surface area contributed by atoms with Crippen LogP contribution in [0.15, 0.2) is 42.5 Å². The number of carbonyl (C=O) groups excluding carboxylic acids is 1. The first-order valence-corrected chi connectivity index (χ1v) is 11.0. The number of fused-ring (bicyclic) bond motifs is 1. The molecule has 1 atom stereocenters. The van der Waals surface area contributed by atoms with Gasteiger partial charge < -0.3 is 14.4 Å². The van der Waals surface area contributed by atoms with Crippen LogP contribution in [0.1, 0.15) is 46.1 Å². The molecule has 0 saturated carbocycles.